The van der Waals surface area contributed by atoms with Crippen molar-refractivity contribution in [3.05, 3.63) is 45.2 Å². The first kappa shape index (κ1) is 21.0. The zero-order valence-electron chi connectivity index (χ0n) is 17.0. The van der Waals surface area contributed by atoms with Gasteiger partial charge in [-0.2, -0.15) is 0 Å². The summed E-state index contributed by atoms with van der Waals surface area (Å²) >= 11 is 6.64. The number of nitrogens with one attached hydrogen (secondary N) is 1. The number of amides is 1. The molecule has 0 aromatic carbocycles. The summed E-state index contributed by atoms with van der Waals surface area (Å²) in [6.45, 7) is 5.30. The quantitative estimate of drug-likeness (QED) is 0.541. The molecule has 2 saturated heterocycles. The Morgan fingerprint density at radius 3 is 3.00 bits per heavy atom. The molecule has 2 aliphatic heterocycles. The molecule has 2 aliphatic rings. The van der Waals surface area contributed by atoms with Crippen LogP contribution in [0.2, 0.25) is 0 Å². The fraction of sp³-hybridized carbons (Fsp3) is 0.429. The zero-order chi connectivity index (χ0) is 21.3. The van der Waals surface area contributed by atoms with E-state index in [0.29, 0.717) is 32.8 Å². The van der Waals surface area contributed by atoms with Crippen LogP contribution >= 0.6 is 24.0 Å². The van der Waals surface area contributed by atoms with Crippen molar-refractivity contribution in [1.82, 2.24) is 14.3 Å². The van der Waals surface area contributed by atoms with Crippen LogP contribution in [-0.4, -0.2) is 49.8 Å². The first-order valence-corrected chi connectivity index (χ1v) is 11.4. The number of carbonyl (C=O) groups excluding carboxylic acids is 1. The summed E-state index contributed by atoms with van der Waals surface area (Å²) in [5.74, 6) is 0.289. The summed E-state index contributed by atoms with van der Waals surface area (Å²) in [6, 6.07) is 5.41. The van der Waals surface area contributed by atoms with Gasteiger partial charge in [-0.1, -0.05) is 37.0 Å². The Bertz CT molecular complexity index is 1080. The predicted molar refractivity (Wildman–Crippen MR) is 124 cm³/mol. The maximum Gasteiger partial charge on any atom is 0.267 e. The minimum atomic E-state index is -0.232. The monoisotopic (exact) mass is 444 g/mol. The molecule has 2 aromatic heterocycles. The molecule has 4 rings (SSSR count). The standard InChI is InChI=1S/C21H24N4O3S2/c1-3-13(2)25-20(27)16(30-21(25)29)11-15-18(22-12-14-7-6-10-28-14)23-17-8-4-5-9-24(17)19(15)26/h4-5,8-9,11,13-14,22H,3,6-7,10,12H2,1-2H3. The second-order valence-corrected chi connectivity index (χ2v) is 9.11. The van der Waals surface area contributed by atoms with E-state index in [1.807, 2.05) is 19.9 Å². The van der Waals surface area contributed by atoms with E-state index in [2.05, 4.69) is 10.3 Å². The van der Waals surface area contributed by atoms with Crippen molar-refractivity contribution in [2.75, 3.05) is 18.5 Å². The number of fused-ring (bicyclic) bond motifs is 1. The molecule has 0 saturated carbocycles. The minimum Gasteiger partial charge on any atom is -0.376 e. The van der Waals surface area contributed by atoms with E-state index in [-0.39, 0.29) is 23.6 Å². The number of hydrogen-bond acceptors (Lipinski definition) is 7. The number of rotatable bonds is 6. The summed E-state index contributed by atoms with van der Waals surface area (Å²) < 4.78 is 7.68. The van der Waals surface area contributed by atoms with Gasteiger partial charge in [-0.05, 0) is 44.4 Å². The molecular weight excluding hydrogens is 420 g/mol. The van der Waals surface area contributed by atoms with Crippen LogP contribution in [0.15, 0.2) is 34.1 Å². The van der Waals surface area contributed by atoms with Crippen LogP contribution in [0.3, 0.4) is 0 Å². The first-order valence-electron chi connectivity index (χ1n) is 10.1. The summed E-state index contributed by atoms with van der Waals surface area (Å²) in [5, 5.41) is 3.27. The maximum absolute atomic E-state index is 13.2. The van der Waals surface area contributed by atoms with Crippen LogP contribution < -0.4 is 10.9 Å². The lowest BCUT2D eigenvalue weighted by Gasteiger charge is -2.21. The topological polar surface area (TPSA) is 75.9 Å². The number of hydrogen-bond donors (Lipinski definition) is 1. The number of thioether (sulfide) groups is 1. The Labute approximate surface area is 184 Å². The lowest BCUT2D eigenvalue weighted by Crippen LogP contribution is -2.36. The van der Waals surface area contributed by atoms with E-state index in [9.17, 15) is 9.59 Å². The Morgan fingerprint density at radius 1 is 1.43 bits per heavy atom. The van der Waals surface area contributed by atoms with E-state index in [4.69, 9.17) is 17.0 Å². The number of ether oxygens (including phenoxy) is 1. The van der Waals surface area contributed by atoms with Crippen molar-refractivity contribution < 1.29 is 9.53 Å². The Balaban J connectivity index is 1.74. The van der Waals surface area contributed by atoms with Crippen LogP contribution in [0.25, 0.3) is 11.7 Å². The van der Waals surface area contributed by atoms with Gasteiger partial charge in [-0.3, -0.25) is 18.9 Å². The van der Waals surface area contributed by atoms with E-state index >= 15 is 0 Å². The maximum atomic E-state index is 13.2. The number of anilines is 1. The number of aromatic nitrogens is 2. The molecule has 1 N–H and O–H groups in total. The minimum absolute atomic E-state index is 0.0105. The van der Waals surface area contributed by atoms with Gasteiger partial charge in [0.15, 0.2) is 0 Å². The van der Waals surface area contributed by atoms with Crippen LogP contribution in [0.4, 0.5) is 5.82 Å². The van der Waals surface area contributed by atoms with E-state index in [1.54, 1.807) is 29.3 Å². The smallest absolute Gasteiger partial charge is 0.267 e. The third kappa shape index (κ3) is 4.01. The summed E-state index contributed by atoms with van der Waals surface area (Å²) in [5.41, 5.74) is 0.659. The van der Waals surface area contributed by atoms with Gasteiger partial charge in [-0.25, -0.2) is 4.98 Å². The number of thiocarbonyl (C=S) groups is 1. The van der Waals surface area contributed by atoms with Gasteiger partial charge in [0.05, 0.1) is 16.6 Å². The molecule has 2 unspecified atom stereocenters. The molecule has 0 aliphatic carbocycles. The van der Waals surface area contributed by atoms with Crippen LogP contribution in [0, 0.1) is 0 Å². The van der Waals surface area contributed by atoms with Gasteiger partial charge in [0, 0.05) is 25.4 Å². The molecule has 7 nitrogen and oxygen atoms in total. The summed E-state index contributed by atoms with van der Waals surface area (Å²) in [4.78, 5) is 32.9. The average molecular weight is 445 g/mol. The van der Waals surface area contributed by atoms with Crippen molar-refractivity contribution in [1.29, 1.82) is 0 Å². The average Bonchev–Trinajstić information content (AvgIpc) is 3.36. The van der Waals surface area contributed by atoms with E-state index < -0.39 is 0 Å². The number of pyridine rings is 1. The largest absolute Gasteiger partial charge is 0.376 e. The highest BCUT2D eigenvalue weighted by Gasteiger charge is 2.35. The predicted octanol–water partition coefficient (Wildman–Crippen LogP) is 3.29. The second kappa shape index (κ2) is 8.87. The number of nitrogens with zero attached hydrogens (tertiary/aromatic N) is 3. The molecule has 0 bridgehead atoms. The van der Waals surface area contributed by atoms with Crippen LogP contribution in [0.5, 0.6) is 0 Å². The van der Waals surface area contributed by atoms with Gasteiger partial charge in [0.2, 0.25) is 0 Å². The van der Waals surface area contributed by atoms with E-state index in [0.717, 1.165) is 25.9 Å². The summed E-state index contributed by atoms with van der Waals surface area (Å²) in [7, 11) is 0. The summed E-state index contributed by atoms with van der Waals surface area (Å²) in [6.07, 6.45) is 6.20. The fourth-order valence-corrected chi connectivity index (χ4v) is 5.00. The molecule has 9 heteroatoms. The first-order chi connectivity index (χ1) is 14.5. The Hall–Kier alpha value is -2.23. The SMILES string of the molecule is CCC(C)N1C(=O)C(=Cc2c(NCC3CCCO3)nc3ccccn3c2=O)SC1=S. The van der Waals surface area contributed by atoms with Crippen LogP contribution in [-0.2, 0) is 9.53 Å². The fourth-order valence-electron chi connectivity index (χ4n) is 3.56. The molecule has 30 heavy (non-hydrogen) atoms. The highest BCUT2D eigenvalue weighted by Crippen LogP contribution is 2.34. The molecule has 0 radical (unpaired) electrons. The lowest BCUT2D eigenvalue weighted by molar-refractivity contribution is -0.123. The van der Waals surface area contributed by atoms with Gasteiger partial charge >= 0.3 is 0 Å². The molecule has 2 fully saturated rings. The zero-order valence-corrected chi connectivity index (χ0v) is 18.6. The van der Waals surface area contributed by atoms with Gasteiger partial charge in [0.25, 0.3) is 11.5 Å². The van der Waals surface area contributed by atoms with Gasteiger partial charge in [0.1, 0.15) is 15.8 Å². The molecule has 4 heterocycles. The van der Waals surface area contributed by atoms with Crippen molar-refractivity contribution in [2.45, 2.75) is 45.3 Å². The van der Waals surface area contributed by atoms with Gasteiger partial charge in [-0.15, -0.1) is 0 Å². The Kier molecular flexibility index (Phi) is 6.21. The van der Waals surface area contributed by atoms with Crippen molar-refractivity contribution >= 4 is 51.7 Å². The van der Waals surface area contributed by atoms with Crippen LogP contribution in [0.1, 0.15) is 38.7 Å². The highest BCUT2D eigenvalue weighted by atomic mass is 32.2. The third-order valence-corrected chi connectivity index (χ3v) is 6.75. The third-order valence-electron chi connectivity index (χ3n) is 5.42. The van der Waals surface area contributed by atoms with E-state index in [1.165, 1.54) is 16.2 Å². The van der Waals surface area contributed by atoms with Crippen molar-refractivity contribution in [2.24, 2.45) is 0 Å². The molecule has 0 spiro atoms. The molecule has 1 amide bonds. The van der Waals surface area contributed by atoms with Crippen molar-refractivity contribution in [3.63, 3.8) is 0 Å². The highest BCUT2D eigenvalue weighted by molar-refractivity contribution is 8.26. The second-order valence-electron chi connectivity index (χ2n) is 7.43. The van der Waals surface area contributed by atoms with Crippen molar-refractivity contribution in [3.8, 4) is 0 Å². The molecule has 2 aromatic rings. The normalized spacial score (nSPS) is 21.7. The molecule has 158 valence electrons. The lowest BCUT2D eigenvalue weighted by atomic mass is 10.2. The number of carbonyl (C=O) groups is 1. The molecular formula is C21H24N4O3S2. The molecule has 2 atom stereocenters. The van der Waals surface area contributed by atoms with Gasteiger partial charge < -0.3 is 10.1 Å². The Morgan fingerprint density at radius 2 is 2.27 bits per heavy atom.